The fourth-order valence-electron chi connectivity index (χ4n) is 0.907. The van der Waals surface area contributed by atoms with Crippen molar-refractivity contribution in [1.82, 2.24) is 0 Å². The van der Waals surface area contributed by atoms with Gasteiger partial charge in [-0.3, -0.25) is 0 Å². The Kier molecular flexibility index (Phi) is 3.42. The number of hydrogen-bond acceptors (Lipinski definition) is 0. The Morgan fingerprint density at radius 1 is 1.29 bits per heavy atom. The predicted molar refractivity (Wildman–Crippen MR) is 48.7 cm³/mol. The van der Waals surface area contributed by atoms with Crippen LogP contribution in [0.25, 0.3) is 0 Å². The van der Waals surface area contributed by atoms with E-state index in [1.807, 2.05) is 0 Å². The Morgan fingerprint density at radius 2 is 1.86 bits per heavy atom. The molecule has 0 bridgehead atoms. The van der Waals surface area contributed by atoms with E-state index < -0.39 is 17.6 Å². The number of halogens is 6. The van der Waals surface area contributed by atoms with E-state index in [1.165, 1.54) is 0 Å². The highest BCUT2D eigenvalue weighted by molar-refractivity contribution is 9.10. The predicted octanol–water partition coefficient (Wildman–Crippen LogP) is 4.35. The average Bonchev–Trinajstić information content (AvgIpc) is 2.07. The van der Waals surface area contributed by atoms with Crippen molar-refractivity contribution in [1.29, 1.82) is 0 Å². The van der Waals surface area contributed by atoms with Crippen molar-refractivity contribution in [3.63, 3.8) is 0 Å². The van der Waals surface area contributed by atoms with Crippen molar-refractivity contribution in [2.75, 3.05) is 0 Å². The molecule has 0 aliphatic rings. The molecule has 0 unspecified atom stereocenters. The number of alkyl halides is 4. The third-order valence-electron chi connectivity index (χ3n) is 1.57. The Hall–Kier alpha value is -0.290. The van der Waals surface area contributed by atoms with Gasteiger partial charge in [-0.25, -0.2) is 4.39 Å². The maximum absolute atomic E-state index is 13.0. The molecule has 0 N–H and O–H groups in total. The topological polar surface area (TPSA) is 0 Å². The lowest BCUT2D eigenvalue weighted by atomic mass is 10.1. The molecular formula is C8H4BrClF4. The van der Waals surface area contributed by atoms with Crippen LogP contribution in [0.4, 0.5) is 17.6 Å². The largest absolute Gasteiger partial charge is 0.416 e. The van der Waals surface area contributed by atoms with Gasteiger partial charge in [-0.15, -0.1) is 11.6 Å². The monoisotopic (exact) mass is 290 g/mol. The first kappa shape index (κ1) is 11.8. The standard InChI is InChI=1S/C8H4BrClF4/c9-7-4(3-10)1-5(2-6(7)11)8(12,13)14/h1-2H,3H2. The first-order valence-electron chi connectivity index (χ1n) is 3.47. The maximum atomic E-state index is 13.0. The van der Waals surface area contributed by atoms with Crippen LogP contribution in [0.1, 0.15) is 11.1 Å². The minimum atomic E-state index is -4.55. The maximum Gasteiger partial charge on any atom is 0.416 e. The van der Waals surface area contributed by atoms with Crippen molar-refractivity contribution in [3.8, 4) is 0 Å². The van der Waals surface area contributed by atoms with Crippen LogP contribution in [-0.2, 0) is 12.1 Å². The quantitative estimate of drug-likeness (QED) is 0.533. The first-order valence-corrected chi connectivity index (χ1v) is 4.80. The summed E-state index contributed by atoms with van der Waals surface area (Å²) >= 11 is 8.18. The highest BCUT2D eigenvalue weighted by Gasteiger charge is 2.32. The molecule has 0 spiro atoms. The van der Waals surface area contributed by atoms with Gasteiger partial charge in [0.15, 0.2) is 0 Å². The summed E-state index contributed by atoms with van der Waals surface area (Å²) in [6.07, 6.45) is -4.55. The van der Waals surface area contributed by atoms with Crippen LogP contribution >= 0.6 is 27.5 Å². The highest BCUT2D eigenvalue weighted by Crippen LogP contribution is 2.33. The van der Waals surface area contributed by atoms with E-state index in [9.17, 15) is 17.6 Å². The molecule has 0 fully saturated rings. The van der Waals surface area contributed by atoms with E-state index in [2.05, 4.69) is 15.9 Å². The molecular weight excluding hydrogens is 287 g/mol. The van der Waals surface area contributed by atoms with Crippen molar-refractivity contribution >= 4 is 27.5 Å². The Balaban J connectivity index is 3.30. The smallest absolute Gasteiger partial charge is 0.206 e. The third-order valence-corrected chi connectivity index (χ3v) is 2.75. The molecule has 0 saturated carbocycles. The molecule has 6 heteroatoms. The minimum absolute atomic E-state index is 0.0273. The second-order valence-electron chi connectivity index (χ2n) is 2.56. The zero-order chi connectivity index (χ0) is 10.9. The molecule has 0 atom stereocenters. The van der Waals surface area contributed by atoms with E-state index in [0.717, 1.165) is 6.07 Å². The summed E-state index contributed by atoms with van der Waals surface area (Å²) in [6.45, 7) is 0. The molecule has 1 aromatic carbocycles. The summed E-state index contributed by atoms with van der Waals surface area (Å²) in [5.74, 6) is -1.14. The second kappa shape index (κ2) is 4.06. The van der Waals surface area contributed by atoms with Gasteiger partial charge in [-0.05, 0) is 33.6 Å². The SMILES string of the molecule is Fc1cc(C(F)(F)F)cc(CCl)c1Br. The van der Waals surface area contributed by atoms with E-state index in [4.69, 9.17) is 11.6 Å². The molecule has 0 amide bonds. The van der Waals surface area contributed by atoms with Crippen LogP contribution in [-0.4, -0.2) is 0 Å². The van der Waals surface area contributed by atoms with E-state index >= 15 is 0 Å². The number of hydrogen-bond donors (Lipinski definition) is 0. The van der Waals surface area contributed by atoms with Gasteiger partial charge in [0.2, 0.25) is 0 Å². The van der Waals surface area contributed by atoms with E-state index in [1.54, 1.807) is 0 Å². The molecule has 0 nitrogen and oxygen atoms in total. The van der Waals surface area contributed by atoms with Crippen LogP contribution in [0.15, 0.2) is 16.6 Å². The molecule has 78 valence electrons. The number of rotatable bonds is 1. The van der Waals surface area contributed by atoms with E-state index in [0.29, 0.717) is 6.07 Å². The fraction of sp³-hybridized carbons (Fsp3) is 0.250. The van der Waals surface area contributed by atoms with Crippen molar-refractivity contribution in [2.24, 2.45) is 0 Å². The van der Waals surface area contributed by atoms with Crippen LogP contribution < -0.4 is 0 Å². The molecule has 0 radical (unpaired) electrons. The summed E-state index contributed by atoms with van der Waals surface area (Å²) in [5.41, 5.74) is -0.951. The lowest BCUT2D eigenvalue weighted by molar-refractivity contribution is -0.137. The van der Waals surface area contributed by atoms with Crippen LogP contribution in [0.2, 0.25) is 0 Å². The Bertz CT molecular complexity index is 348. The van der Waals surface area contributed by atoms with Gasteiger partial charge in [0.1, 0.15) is 5.82 Å². The van der Waals surface area contributed by atoms with Crippen molar-refractivity contribution < 1.29 is 17.6 Å². The summed E-state index contributed by atoms with van der Waals surface area (Å²) < 4.78 is 49.5. The molecule has 0 aliphatic heterocycles. The van der Waals surface area contributed by atoms with Crippen LogP contribution in [0, 0.1) is 5.82 Å². The second-order valence-corrected chi connectivity index (χ2v) is 3.62. The lowest BCUT2D eigenvalue weighted by Gasteiger charge is -2.09. The Labute approximate surface area is 91.0 Å². The van der Waals surface area contributed by atoms with Gasteiger partial charge in [0.05, 0.1) is 10.0 Å². The van der Waals surface area contributed by atoms with Gasteiger partial charge < -0.3 is 0 Å². The summed E-state index contributed by atoms with van der Waals surface area (Å²) in [4.78, 5) is 0. The van der Waals surface area contributed by atoms with Gasteiger partial charge in [-0.1, -0.05) is 0 Å². The summed E-state index contributed by atoms with van der Waals surface area (Å²) in [7, 11) is 0. The van der Waals surface area contributed by atoms with Gasteiger partial charge in [0.25, 0.3) is 0 Å². The lowest BCUT2D eigenvalue weighted by Crippen LogP contribution is -2.06. The van der Waals surface area contributed by atoms with Gasteiger partial charge >= 0.3 is 6.18 Å². The first-order chi connectivity index (χ1) is 6.36. The van der Waals surface area contributed by atoms with Gasteiger partial charge in [-0.2, -0.15) is 13.2 Å². The van der Waals surface area contributed by atoms with Crippen molar-refractivity contribution in [2.45, 2.75) is 12.1 Å². The molecule has 1 aromatic rings. The zero-order valence-corrected chi connectivity index (χ0v) is 8.97. The molecule has 0 saturated heterocycles. The summed E-state index contributed by atoms with van der Waals surface area (Å²) in [5, 5.41) is 0. The fourth-order valence-corrected chi connectivity index (χ4v) is 1.65. The normalized spacial score (nSPS) is 11.9. The van der Waals surface area contributed by atoms with E-state index in [-0.39, 0.29) is 15.9 Å². The van der Waals surface area contributed by atoms with Crippen LogP contribution in [0.3, 0.4) is 0 Å². The van der Waals surface area contributed by atoms with Crippen LogP contribution in [0.5, 0.6) is 0 Å². The number of benzene rings is 1. The van der Waals surface area contributed by atoms with Crippen molar-refractivity contribution in [3.05, 3.63) is 33.5 Å². The molecule has 1 rings (SSSR count). The third kappa shape index (κ3) is 2.39. The average molecular weight is 291 g/mol. The molecule has 0 aliphatic carbocycles. The highest BCUT2D eigenvalue weighted by atomic mass is 79.9. The Morgan fingerprint density at radius 3 is 2.29 bits per heavy atom. The molecule has 0 aromatic heterocycles. The van der Waals surface area contributed by atoms with Gasteiger partial charge in [0, 0.05) is 5.88 Å². The molecule has 14 heavy (non-hydrogen) atoms. The summed E-state index contributed by atoms with van der Waals surface area (Å²) in [6, 6.07) is 1.25. The minimum Gasteiger partial charge on any atom is -0.206 e. The zero-order valence-electron chi connectivity index (χ0n) is 6.63. The molecule has 0 heterocycles.